The lowest BCUT2D eigenvalue weighted by atomic mass is 10.1. The normalized spacial score (nSPS) is 9.62. The van der Waals surface area contributed by atoms with Crippen LogP contribution in [0.25, 0.3) is 0 Å². The van der Waals surface area contributed by atoms with Crippen molar-refractivity contribution in [3.05, 3.63) is 28.2 Å². The average Bonchev–Trinajstić information content (AvgIpc) is 2.25. The number of benzene rings is 1. The Morgan fingerprint density at radius 3 is 2.75 bits per heavy atom. The molecule has 0 spiro atoms. The standard InChI is InChI=1S/C10H11BrN2O3/c1-16-9(14)5-13-8-4-6(11)2-3-7(8)10(12)15/h2-4,13H,5H2,1H3,(H2,12,15). The Balaban J connectivity index is 2.88. The molecule has 86 valence electrons. The van der Waals surface area contributed by atoms with Crippen molar-refractivity contribution in [2.24, 2.45) is 5.73 Å². The van der Waals surface area contributed by atoms with Gasteiger partial charge in [-0.25, -0.2) is 0 Å². The van der Waals surface area contributed by atoms with Crippen LogP contribution in [0.3, 0.4) is 0 Å². The summed E-state index contributed by atoms with van der Waals surface area (Å²) in [6, 6.07) is 4.94. The highest BCUT2D eigenvalue weighted by Gasteiger charge is 2.09. The number of halogens is 1. The van der Waals surface area contributed by atoms with Crippen LogP contribution in [0.15, 0.2) is 22.7 Å². The molecule has 0 saturated carbocycles. The maximum atomic E-state index is 11.1. The minimum atomic E-state index is -0.556. The van der Waals surface area contributed by atoms with Crippen molar-refractivity contribution < 1.29 is 14.3 Å². The van der Waals surface area contributed by atoms with Crippen LogP contribution in [0, 0.1) is 0 Å². The summed E-state index contributed by atoms with van der Waals surface area (Å²) in [5.41, 5.74) is 6.01. The number of rotatable bonds is 4. The second-order valence-electron chi connectivity index (χ2n) is 2.98. The van der Waals surface area contributed by atoms with E-state index in [1.165, 1.54) is 7.11 Å². The molecule has 16 heavy (non-hydrogen) atoms. The smallest absolute Gasteiger partial charge is 0.325 e. The van der Waals surface area contributed by atoms with Gasteiger partial charge in [-0.15, -0.1) is 0 Å². The zero-order valence-electron chi connectivity index (χ0n) is 8.62. The second kappa shape index (κ2) is 5.50. The van der Waals surface area contributed by atoms with Gasteiger partial charge in [-0.3, -0.25) is 9.59 Å². The lowest BCUT2D eigenvalue weighted by molar-refractivity contribution is -0.138. The molecule has 0 unspecified atom stereocenters. The molecule has 0 radical (unpaired) electrons. The van der Waals surface area contributed by atoms with Crippen molar-refractivity contribution in [2.45, 2.75) is 0 Å². The third-order valence-corrected chi connectivity index (χ3v) is 2.39. The van der Waals surface area contributed by atoms with Gasteiger partial charge in [-0.1, -0.05) is 15.9 Å². The number of primary amides is 1. The number of carbonyl (C=O) groups is 2. The average molecular weight is 287 g/mol. The maximum Gasteiger partial charge on any atom is 0.325 e. The lowest BCUT2D eigenvalue weighted by Gasteiger charge is -2.09. The summed E-state index contributed by atoms with van der Waals surface area (Å²) in [7, 11) is 1.29. The Morgan fingerprint density at radius 1 is 1.50 bits per heavy atom. The van der Waals surface area contributed by atoms with E-state index in [-0.39, 0.29) is 6.54 Å². The van der Waals surface area contributed by atoms with Crippen molar-refractivity contribution in [3.8, 4) is 0 Å². The number of methoxy groups -OCH3 is 1. The molecule has 5 nitrogen and oxygen atoms in total. The molecule has 0 heterocycles. The number of anilines is 1. The molecule has 3 N–H and O–H groups in total. The summed E-state index contributed by atoms with van der Waals surface area (Å²) in [5, 5.41) is 2.78. The summed E-state index contributed by atoms with van der Waals surface area (Å²) in [5.74, 6) is -0.977. The molecule has 0 bridgehead atoms. The quantitative estimate of drug-likeness (QED) is 0.813. The number of nitrogens with two attached hydrogens (primary N) is 1. The molecule has 0 atom stereocenters. The zero-order chi connectivity index (χ0) is 12.1. The molecule has 1 aromatic carbocycles. The Bertz CT molecular complexity index is 421. The molecule has 0 aromatic heterocycles. The van der Waals surface area contributed by atoms with Crippen LogP contribution in [0.1, 0.15) is 10.4 Å². The lowest BCUT2D eigenvalue weighted by Crippen LogP contribution is -2.19. The van der Waals surface area contributed by atoms with Gasteiger partial charge in [0.15, 0.2) is 0 Å². The number of ether oxygens (including phenoxy) is 1. The van der Waals surface area contributed by atoms with Gasteiger partial charge >= 0.3 is 5.97 Å². The Labute approximate surface area is 101 Å². The van der Waals surface area contributed by atoms with Crippen molar-refractivity contribution in [1.82, 2.24) is 0 Å². The van der Waals surface area contributed by atoms with Gasteiger partial charge in [-0.05, 0) is 18.2 Å². The molecule has 0 saturated heterocycles. The minimum Gasteiger partial charge on any atom is -0.468 e. The highest BCUT2D eigenvalue weighted by Crippen LogP contribution is 2.20. The third-order valence-electron chi connectivity index (χ3n) is 1.90. The number of amides is 1. The van der Waals surface area contributed by atoms with E-state index >= 15 is 0 Å². The van der Waals surface area contributed by atoms with Crippen molar-refractivity contribution in [1.29, 1.82) is 0 Å². The molecule has 0 aliphatic carbocycles. The number of hydrogen-bond donors (Lipinski definition) is 2. The van der Waals surface area contributed by atoms with Gasteiger partial charge < -0.3 is 15.8 Å². The van der Waals surface area contributed by atoms with E-state index in [1.54, 1.807) is 18.2 Å². The Kier molecular flexibility index (Phi) is 4.30. The first kappa shape index (κ1) is 12.5. The largest absolute Gasteiger partial charge is 0.468 e. The predicted molar refractivity (Wildman–Crippen MR) is 63.2 cm³/mol. The van der Waals surface area contributed by atoms with E-state index in [1.807, 2.05) is 0 Å². The fourth-order valence-electron chi connectivity index (χ4n) is 1.12. The first-order valence-electron chi connectivity index (χ1n) is 4.44. The molecule has 1 aromatic rings. The molecule has 6 heteroatoms. The Hall–Kier alpha value is -1.56. The van der Waals surface area contributed by atoms with Crippen molar-refractivity contribution >= 4 is 33.5 Å². The van der Waals surface area contributed by atoms with Gasteiger partial charge in [0.25, 0.3) is 5.91 Å². The zero-order valence-corrected chi connectivity index (χ0v) is 10.2. The number of esters is 1. The highest BCUT2D eigenvalue weighted by atomic mass is 79.9. The van der Waals surface area contributed by atoms with Crippen LogP contribution in [-0.4, -0.2) is 25.5 Å². The molecular weight excluding hydrogens is 276 g/mol. The van der Waals surface area contributed by atoms with Crippen molar-refractivity contribution in [2.75, 3.05) is 19.0 Å². The summed E-state index contributed by atoms with van der Waals surface area (Å²) in [4.78, 5) is 22.0. The van der Waals surface area contributed by atoms with Gasteiger partial charge in [-0.2, -0.15) is 0 Å². The third kappa shape index (κ3) is 3.23. The highest BCUT2D eigenvalue weighted by molar-refractivity contribution is 9.10. The SMILES string of the molecule is COC(=O)CNc1cc(Br)ccc1C(N)=O. The summed E-state index contributed by atoms with van der Waals surface area (Å²) in [6.07, 6.45) is 0. The van der Waals surface area contributed by atoms with Gasteiger partial charge in [0.05, 0.1) is 12.7 Å². The topological polar surface area (TPSA) is 81.4 Å². The number of carbonyl (C=O) groups excluding carboxylic acids is 2. The van der Waals surface area contributed by atoms with Crippen LogP contribution < -0.4 is 11.1 Å². The fourth-order valence-corrected chi connectivity index (χ4v) is 1.48. The molecule has 1 amide bonds. The first-order valence-corrected chi connectivity index (χ1v) is 5.24. The van der Waals surface area contributed by atoms with Crippen LogP contribution in [0.2, 0.25) is 0 Å². The van der Waals surface area contributed by atoms with E-state index in [4.69, 9.17) is 5.73 Å². The minimum absolute atomic E-state index is 0.0206. The van der Waals surface area contributed by atoms with Gasteiger partial charge in [0, 0.05) is 10.2 Å². The van der Waals surface area contributed by atoms with Crippen LogP contribution in [0.5, 0.6) is 0 Å². The summed E-state index contributed by atoms with van der Waals surface area (Å²) in [6.45, 7) is -0.0206. The van der Waals surface area contributed by atoms with Gasteiger partial charge in [0.1, 0.15) is 6.54 Å². The maximum absolute atomic E-state index is 11.1. The predicted octanol–water partition coefficient (Wildman–Crippen LogP) is 1.13. The summed E-state index contributed by atoms with van der Waals surface area (Å²) >= 11 is 3.26. The second-order valence-corrected chi connectivity index (χ2v) is 3.90. The van der Waals surface area contributed by atoms with E-state index in [0.717, 1.165) is 4.47 Å². The van der Waals surface area contributed by atoms with Crippen LogP contribution >= 0.6 is 15.9 Å². The van der Waals surface area contributed by atoms with Crippen LogP contribution in [-0.2, 0) is 9.53 Å². The van der Waals surface area contributed by atoms with E-state index in [9.17, 15) is 9.59 Å². The molecule has 0 aliphatic rings. The summed E-state index contributed by atoms with van der Waals surface area (Å²) < 4.78 is 5.26. The Morgan fingerprint density at radius 2 is 2.19 bits per heavy atom. The molecule has 0 aliphatic heterocycles. The van der Waals surface area contributed by atoms with Gasteiger partial charge in [0.2, 0.25) is 0 Å². The fraction of sp³-hybridized carbons (Fsp3) is 0.200. The number of hydrogen-bond acceptors (Lipinski definition) is 4. The molecule has 0 fully saturated rings. The molecule has 1 rings (SSSR count). The van der Waals surface area contributed by atoms with Crippen LogP contribution in [0.4, 0.5) is 5.69 Å². The molecular formula is C10H11BrN2O3. The van der Waals surface area contributed by atoms with Crippen molar-refractivity contribution in [3.63, 3.8) is 0 Å². The number of nitrogens with one attached hydrogen (secondary N) is 1. The van der Waals surface area contributed by atoms with E-state index in [0.29, 0.717) is 11.3 Å². The first-order chi connectivity index (χ1) is 7.54. The monoisotopic (exact) mass is 286 g/mol. The van der Waals surface area contributed by atoms with E-state index < -0.39 is 11.9 Å². The van der Waals surface area contributed by atoms with E-state index in [2.05, 4.69) is 26.0 Å².